The van der Waals surface area contributed by atoms with E-state index in [9.17, 15) is 4.79 Å². The Morgan fingerprint density at radius 1 is 1.07 bits per heavy atom. The number of ether oxygens (including phenoxy) is 1. The van der Waals surface area contributed by atoms with Crippen LogP contribution in [0.5, 0.6) is 5.75 Å². The van der Waals surface area contributed by atoms with Gasteiger partial charge >= 0.3 is 0 Å². The number of hydrogen-bond donors (Lipinski definition) is 1. The molecule has 1 N–H and O–H groups in total. The van der Waals surface area contributed by atoms with Gasteiger partial charge in [0.2, 0.25) is 5.91 Å². The number of carbonyl (C=O) groups excluding carboxylic acids is 1. The van der Waals surface area contributed by atoms with Gasteiger partial charge in [-0.15, -0.1) is 0 Å². The minimum absolute atomic E-state index is 0.0251. The second-order valence-electron chi connectivity index (χ2n) is 9.29. The number of benzene rings is 1. The van der Waals surface area contributed by atoms with E-state index in [2.05, 4.69) is 21.2 Å². The number of fused-ring (bicyclic) bond motifs is 1. The second kappa shape index (κ2) is 10.6. The molecule has 5 heteroatoms. The number of nitrogens with zero attached hydrogens (tertiary/aromatic N) is 2. The first kappa shape index (κ1) is 21.6. The third-order valence-electron chi connectivity index (χ3n) is 7.45. The lowest BCUT2D eigenvalue weighted by molar-refractivity contribution is -0.122. The maximum atomic E-state index is 12.9. The van der Waals surface area contributed by atoms with Gasteiger partial charge in [0.25, 0.3) is 0 Å². The van der Waals surface area contributed by atoms with Crippen LogP contribution in [0.2, 0.25) is 0 Å². The molecule has 30 heavy (non-hydrogen) atoms. The molecule has 0 aromatic heterocycles. The van der Waals surface area contributed by atoms with Gasteiger partial charge in [0.15, 0.2) is 0 Å². The van der Waals surface area contributed by atoms with Crippen LogP contribution in [0.25, 0.3) is 0 Å². The highest BCUT2D eigenvalue weighted by atomic mass is 16.5. The molecule has 2 fully saturated rings. The molecule has 2 aliphatic carbocycles. The predicted octanol–water partition coefficient (Wildman–Crippen LogP) is 3.57. The third kappa shape index (κ3) is 5.17. The molecule has 0 bridgehead atoms. The summed E-state index contributed by atoms with van der Waals surface area (Å²) in [6, 6.07) is 6.97. The lowest BCUT2D eigenvalue weighted by Crippen LogP contribution is -2.51. The van der Waals surface area contributed by atoms with Gasteiger partial charge in [0, 0.05) is 38.8 Å². The molecular formula is C25H39N3O2. The summed E-state index contributed by atoms with van der Waals surface area (Å²) in [6.45, 7) is 6.67. The molecule has 1 unspecified atom stereocenters. The summed E-state index contributed by atoms with van der Waals surface area (Å²) in [6.07, 6.45) is 11.1. The SMILES string of the molecule is COc1cccc2c1CCCC2C(=O)NCCCN1CCN(C2CCCCC2)CC1. The van der Waals surface area contributed by atoms with Crippen LogP contribution < -0.4 is 10.1 Å². The highest BCUT2D eigenvalue weighted by molar-refractivity contribution is 5.84. The van der Waals surface area contributed by atoms with Crippen molar-refractivity contribution in [1.82, 2.24) is 15.1 Å². The van der Waals surface area contributed by atoms with Crippen LogP contribution in [0.3, 0.4) is 0 Å². The fourth-order valence-electron chi connectivity index (χ4n) is 5.71. The smallest absolute Gasteiger partial charge is 0.227 e. The van der Waals surface area contributed by atoms with Crippen molar-refractivity contribution in [1.29, 1.82) is 0 Å². The molecule has 0 spiro atoms. The fourth-order valence-corrected chi connectivity index (χ4v) is 5.71. The second-order valence-corrected chi connectivity index (χ2v) is 9.29. The first-order chi connectivity index (χ1) is 14.8. The lowest BCUT2D eigenvalue weighted by Gasteiger charge is -2.40. The first-order valence-electron chi connectivity index (χ1n) is 12.2. The summed E-state index contributed by atoms with van der Waals surface area (Å²) in [7, 11) is 1.72. The minimum Gasteiger partial charge on any atom is -0.496 e. The van der Waals surface area contributed by atoms with E-state index < -0.39 is 0 Å². The van der Waals surface area contributed by atoms with Gasteiger partial charge in [-0.2, -0.15) is 0 Å². The summed E-state index contributed by atoms with van der Waals surface area (Å²) in [4.78, 5) is 18.2. The van der Waals surface area contributed by atoms with Crippen LogP contribution in [-0.4, -0.2) is 68.1 Å². The Morgan fingerprint density at radius 3 is 2.63 bits per heavy atom. The molecule has 1 atom stereocenters. The van der Waals surface area contributed by atoms with Crippen LogP contribution in [0.4, 0.5) is 0 Å². The molecule has 1 saturated heterocycles. The van der Waals surface area contributed by atoms with Crippen molar-refractivity contribution >= 4 is 5.91 Å². The van der Waals surface area contributed by atoms with Gasteiger partial charge in [-0.25, -0.2) is 0 Å². The molecule has 1 aromatic carbocycles. The van der Waals surface area contributed by atoms with Crippen LogP contribution in [0.15, 0.2) is 18.2 Å². The van der Waals surface area contributed by atoms with Crippen molar-refractivity contribution < 1.29 is 9.53 Å². The Hall–Kier alpha value is -1.59. The molecule has 1 heterocycles. The van der Waals surface area contributed by atoms with E-state index in [1.807, 2.05) is 12.1 Å². The Labute approximate surface area is 182 Å². The monoisotopic (exact) mass is 413 g/mol. The van der Waals surface area contributed by atoms with Crippen molar-refractivity contribution in [3.8, 4) is 5.75 Å². The predicted molar refractivity (Wildman–Crippen MR) is 121 cm³/mol. The number of rotatable bonds is 7. The maximum absolute atomic E-state index is 12.9. The Bertz CT molecular complexity index is 694. The number of methoxy groups -OCH3 is 1. The number of piperazine rings is 1. The molecular weight excluding hydrogens is 374 g/mol. The van der Waals surface area contributed by atoms with E-state index in [0.29, 0.717) is 0 Å². The van der Waals surface area contributed by atoms with E-state index in [4.69, 9.17) is 4.74 Å². The molecule has 5 nitrogen and oxygen atoms in total. The van der Waals surface area contributed by atoms with Crippen molar-refractivity contribution in [3.63, 3.8) is 0 Å². The normalized spacial score (nSPS) is 23.7. The summed E-state index contributed by atoms with van der Waals surface area (Å²) >= 11 is 0. The van der Waals surface area contributed by atoms with Crippen LogP contribution >= 0.6 is 0 Å². The van der Waals surface area contributed by atoms with Crippen molar-refractivity contribution in [2.75, 3.05) is 46.4 Å². The Balaban J connectivity index is 1.18. The summed E-state index contributed by atoms with van der Waals surface area (Å²) in [5.74, 6) is 1.09. The van der Waals surface area contributed by atoms with Gasteiger partial charge in [-0.3, -0.25) is 9.69 Å². The summed E-state index contributed by atoms with van der Waals surface area (Å²) in [5, 5.41) is 3.21. The van der Waals surface area contributed by atoms with Crippen molar-refractivity contribution in [2.24, 2.45) is 0 Å². The topological polar surface area (TPSA) is 44.8 Å². The standard InChI is InChI=1S/C25H39N3O2/c1-30-24-13-6-10-21-22(24)11-5-12-23(21)25(29)26-14-7-15-27-16-18-28(19-17-27)20-8-3-2-4-9-20/h6,10,13,20,23H,2-5,7-9,11-12,14-19H2,1H3,(H,26,29). The number of carbonyl (C=O) groups is 1. The van der Waals surface area contributed by atoms with Gasteiger partial charge in [-0.1, -0.05) is 31.4 Å². The molecule has 1 aliphatic heterocycles. The minimum atomic E-state index is -0.0251. The van der Waals surface area contributed by atoms with Crippen LogP contribution in [0, 0.1) is 0 Å². The lowest BCUT2D eigenvalue weighted by atomic mass is 9.82. The zero-order valence-corrected chi connectivity index (χ0v) is 18.7. The molecule has 4 rings (SSSR count). The average molecular weight is 414 g/mol. The maximum Gasteiger partial charge on any atom is 0.227 e. The Morgan fingerprint density at radius 2 is 1.87 bits per heavy atom. The number of amides is 1. The first-order valence-corrected chi connectivity index (χ1v) is 12.2. The fraction of sp³-hybridized carbons (Fsp3) is 0.720. The van der Waals surface area contributed by atoms with Gasteiger partial charge in [-0.05, 0) is 62.3 Å². The molecule has 3 aliphatic rings. The quantitative estimate of drug-likeness (QED) is 0.694. The molecule has 1 amide bonds. The third-order valence-corrected chi connectivity index (χ3v) is 7.45. The van der Waals surface area contributed by atoms with Gasteiger partial charge < -0.3 is 15.0 Å². The van der Waals surface area contributed by atoms with E-state index >= 15 is 0 Å². The number of hydrogen-bond acceptors (Lipinski definition) is 4. The van der Waals surface area contributed by atoms with Crippen molar-refractivity contribution in [3.05, 3.63) is 29.3 Å². The number of nitrogens with one attached hydrogen (secondary N) is 1. The average Bonchev–Trinajstić information content (AvgIpc) is 2.82. The Kier molecular flexibility index (Phi) is 7.67. The zero-order chi connectivity index (χ0) is 20.8. The molecule has 166 valence electrons. The highest BCUT2D eigenvalue weighted by Gasteiger charge is 2.28. The zero-order valence-electron chi connectivity index (χ0n) is 18.7. The largest absolute Gasteiger partial charge is 0.496 e. The van der Waals surface area contributed by atoms with Crippen LogP contribution in [-0.2, 0) is 11.2 Å². The summed E-state index contributed by atoms with van der Waals surface area (Å²) in [5.41, 5.74) is 2.39. The van der Waals surface area contributed by atoms with Gasteiger partial charge in [0.1, 0.15) is 5.75 Å². The molecule has 1 aromatic rings. The molecule has 0 radical (unpaired) electrons. The summed E-state index contributed by atoms with van der Waals surface area (Å²) < 4.78 is 5.51. The van der Waals surface area contributed by atoms with E-state index in [1.165, 1.54) is 63.8 Å². The van der Waals surface area contributed by atoms with E-state index in [0.717, 1.165) is 56.1 Å². The van der Waals surface area contributed by atoms with Gasteiger partial charge in [0.05, 0.1) is 13.0 Å². The molecule has 1 saturated carbocycles. The van der Waals surface area contributed by atoms with Crippen LogP contribution in [0.1, 0.15) is 68.4 Å². The van der Waals surface area contributed by atoms with Crippen molar-refractivity contribution in [2.45, 2.75) is 69.7 Å². The van der Waals surface area contributed by atoms with E-state index in [-0.39, 0.29) is 11.8 Å². The highest BCUT2D eigenvalue weighted by Crippen LogP contribution is 2.36. The van der Waals surface area contributed by atoms with E-state index in [1.54, 1.807) is 7.11 Å².